The number of piperidine rings is 1. The zero-order chi connectivity index (χ0) is 13.7. The number of hydrogen-bond acceptors (Lipinski definition) is 4. The molecule has 0 bridgehead atoms. The smallest absolute Gasteiger partial charge is 0.338 e. The van der Waals surface area contributed by atoms with Crippen LogP contribution < -0.4 is 10.1 Å². The molecule has 0 unspecified atom stereocenters. The zero-order valence-electron chi connectivity index (χ0n) is 11.6. The van der Waals surface area contributed by atoms with E-state index in [1.165, 1.54) is 7.11 Å². The maximum atomic E-state index is 11.6. The highest BCUT2D eigenvalue weighted by Gasteiger charge is 2.15. The van der Waals surface area contributed by atoms with E-state index < -0.39 is 0 Å². The van der Waals surface area contributed by atoms with Gasteiger partial charge in [0.25, 0.3) is 0 Å². The average molecular weight is 263 g/mol. The molecular weight excluding hydrogens is 242 g/mol. The highest BCUT2D eigenvalue weighted by Crippen LogP contribution is 2.20. The van der Waals surface area contributed by atoms with E-state index in [4.69, 9.17) is 9.47 Å². The molecule has 0 aromatic heterocycles. The van der Waals surface area contributed by atoms with E-state index in [0.717, 1.165) is 37.2 Å². The summed E-state index contributed by atoms with van der Waals surface area (Å²) in [6.07, 6.45) is 2.30. The summed E-state index contributed by atoms with van der Waals surface area (Å²) in [7, 11) is 1.39. The van der Waals surface area contributed by atoms with Crippen molar-refractivity contribution in [3.8, 4) is 5.75 Å². The largest absolute Gasteiger partial charge is 0.493 e. The Balaban J connectivity index is 1.98. The number of rotatable bonds is 4. The molecule has 4 heteroatoms. The van der Waals surface area contributed by atoms with Crippen molar-refractivity contribution < 1.29 is 14.3 Å². The molecule has 0 aliphatic carbocycles. The van der Waals surface area contributed by atoms with Gasteiger partial charge in [0.1, 0.15) is 5.75 Å². The molecule has 0 radical (unpaired) electrons. The molecule has 1 aliphatic rings. The van der Waals surface area contributed by atoms with E-state index in [1.54, 1.807) is 6.07 Å². The third-order valence-corrected chi connectivity index (χ3v) is 3.56. The maximum Gasteiger partial charge on any atom is 0.338 e. The van der Waals surface area contributed by atoms with Gasteiger partial charge in [-0.1, -0.05) is 6.07 Å². The highest BCUT2D eigenvalue weighted by molar-refractivity contribution is 5.91. The number of methoxy groups -OCH3 is 1. The van der Waals surface area contributed by atoms with Gasteiger partial charge < -0.3 is 14.8 Å². The van der Waals surface area contributed by atoms with Crippen molar-refractivity contribution in [3.63, 3.8) is 0 Å². The molecule has 1 fully saturated rings. The third-order valence-electron chi connectivity index (χ3n) is 3.56. The highest BCUT2D eigenvalue weighted by atomic mass is 16.5. The second kappa shape index (κ2) is 6.57. The molecule has 0 spiro atoms. The van der Waals surface area contributed by atoms with Crippen LogP contribution in [-0.4, -0.2) is 32.8 Å². The third kappa shape index (κ3) is 3.70. The second-order valence-corrected chi connectivity index (χ2v) is 4.97. The van der Waals surface area contributed by atoms with Crippen LogP contribution in [0.2, 0.25) is 0 Å². The molecular formula is C15H21NO3. The molecule has 19 heavy (non-hydrogen) atoms. The molecule has 0 saturated carbocycles. The lowest BCUT2D eigenvalue weighted by atomic mass is 9.99. The predicted molar refractivity (Wildman–Crippen MR) is 73.6 cm³/mol. The number of carbonyl (C=O) groups is 1. The molecule has 0 amide bonds. The van der Waals surface area contributed by atoms with Gasteiger partial charge in [-0.3, -0.25) is 0 Å². The number of aryl methyl sites for hydroxylation is 1. The fourth-order valence-electron chi connectivity index (χ4n) is 2.28. The lowest BCUT2D eigenvalue weighted by Crippen LogP contribution is -2.30. The van der Waals surface area contributed by atoms with Crippen LogP contribution in [0.3, 0.4) is 0 Å². The Labute approximate surface area is 114 Å². The molecule has 1 N–H and O–H groups in total. The predicted octanol–water partition coefficient (Wildman–Crippen LogP) is 2.16. The quantitative estimate of drug-likeness (QED) is 0.846. The number of nitrogens with one attached hydrogen (secondary N) is 1. The number of benzene rings is 1. The van der Waals surface area contributed by atoms with E-state index in [0.29, 0.717) is 18.1 Å². The summed E-state index contributed by atoms with van der Waals surface area (Å²) in [4.78, 5) is 11.6. The van der Waals surface area contributed by atoms with Crippen molar-refractivity contribution >= 4 is 5.97 Å². The fraction of sp³-hybridized carbons (Fsp3) is 0.533. The summed E-state index contributed by atoms with van der Waals surface area (Å²) in [5.74, 6) is 1.03. The van der Waals surface area contributed by atoms with Crippen molar-refractivity contribution in [2.75, 3.05) is 26.8 Å². The Bertz CT molecular complexity index is 439. The van der Waals surface area contributed by atoms with Gasteiger partial charge in [0.05, 0.1) is 19.3 Å². The van der Waals surface area contributed by atoms with Crippen molar-refractivity contribution in [2.45, 2.75) is 19.8 Å². The van der Waals surface area contributed by atoms with E-state index in [2.05, 4.69) is 5.32 Å². The van der Waals surface area contributed by atoms with Crippen LogP contribution in [0, 0.1) is 12.8 Å². The summed E-state index contributed by atoms with van der Waals surface area (Å²) in [6, 6.07) is 5.56. The zero-order valence-corrected chi connectivity index (χ0v) is 11.6. The van der Waals surface area contributed by atoms with Crippen molar-refractivity contribution in [2.24, 2.45) is 5.92 Å². The summed E-state index contributed by atoms with van der Waals surface area (Å²) >= 11 is 0. The monoisotopic (exact) mass is 263 g/mol. The number of hydrogen-bond donors (Lipinski definition) is 1. The Morgan fingerprint density at radius 1 is 1.37 bits per heavy atom. The Morgan fingerprint density at radius 3 is 2.79 bits per heavy atom. The molecule has 1 saturated heterocycles. The molecule has 1 heterocycles. The second-order valence-electron chi connectivity index (χ2n) is 4.97. The van der Waals surface area contributed by atoms with Crippen molar-refractivity contribution in [3.05, 3.63) is 29.3 Å². The first-order valence-electron chi connectivity index (χ1n) is 6.73. The molecule has 4 nitrogen and oxygen atoms in total. The lowest BCUT2D eigenvalue weighted by Gasteiger charge is -2.22. The van der Waals surface area contributed by atoms with Crippen LogP contribution in [0.5, 0.6) is 5.75 Å². The van der Waals surface area contributed by atoms with Gasteiger partial charge in [0.15, 0.2) is 0 Å². The number of ether oxygens (including phenoxy) is 2. The fourth-order valence-corrected chi connectivity index (χ4v) is 2.28. The topological polar surface area (TPSA) is 47.6 Å². The minimum absolute atomic E-state index is 0.315. The van der Waals surface area contributed by atoms with Gasteiger partial charge in [0, 0.05) is 0 Å². The first kappa shape index (κ1) is 13.9. The summed E-state index contributed by atoms with van der Waals surface area (Å²) in [6.45, 7) is 4.73. The first-order valence-corrected chi connectivity index (χ1v) is 6.73. The summed E-state index contributed by atoms with van der Waals surface area (Å²) in [5.41, 5.74) is 1.48. The maximum absolute atomic E-state index is 11.6. The van der Waals surface area contributed by atoms with E-state index in [1.807, 2.05) is 19.1 Å². The van der Waals surface area contributed by atoms with Crippen LogP contribution in [0.4, 0.5) is 0 Å². The molecule has 1 aromatic carbocycles. The van der Waals surface area contributed by atoms with Gasteiger partial charge in [-0.05, 0) is 56.5 Å². The van der Waals surface area contributed by atoms with Gasteiger partial charge in [-0.25, -0.2) is 4.79 Å². The van der Waals surface area contributed by atoms with Crippen LogP contribution in [0.25, 0.3) is 0 Å². The number of esters is 1. The normalized spacial score (nSPS) is 16.1. The standard InChI is InChI=1S/C15H21NO3/c1-11-3-4-13(9-14(11)15(17)18-2)19-10-12-5-7-16-8-6-12/h3-4,9,12,16H,5-8,10H2,1-2H3. The molecule has 0 atom stereocenters. The molecule has 2 rings (SSSR count). The molecule has 1 aliphatic heterocycles. The van der Waals surface area contributed by atoms with E-state index >= 15 is 0 Å². The van der Waals surface area contributed by atoms with Crippen LogP contribution in [-0.2, 0) is 4.74 Å². The SMILES string of the molecule is COC(=O)c1cc(OCC2CCNCC2)ccc1C. The summed E-state index contributed by atoms with van der Waals surface area (Å²) in [5, 5.41) is 3.34. The van der Waals surface area contributed by atoms with Crippen molar-refractivity contribution in [1.29, 1.82) is 0 Å². The van der Waals surface area contributed by atoms with Crippen molar-refractivity contribution in [1.82, 2.24) is 5.32 Å². The minimum Gasteiger partial charge on any atom is -0.493 e. The van der Waals surface area contributed by atoms with Gasteiger partial charge in [-0.2, -0.15) is 0 Å². The lowest BCUT2D eigenvalue weighted by molar-refractivity contribution is 0.0599. The molecule has 104 valence electrons. The Hall–Kier alpha value is -1.55. The average Bonchev–Trinajstić information content (AvgIpc) is 2.46. The van der Waals surface area contributed by atoms with Crippen LogP contribution in [0.15, 0.2) is 18.2 Å². The molecule has 1 aromatic rings. The van der Waals surface area contributed by atoms with Crippen LogP contribution >= 0.6 is 0 Å². The Morgan fingerprint density at radius 2 is 2.11 bits per heavy atom. The summed E-state index contributed by atoms with van der Waals surface area (Å²) < 4.78 is 10.6. The van der Waals surface area contributed by atoms with Gasteiger partial charge >= 0.3 is 5.97 Å². The van der Waals surface area contributed by atoms with Gasteiger partial charge in [-0.15, -0.1) is 0 Å². The first-order chi connectivity index (χ1) is 9.20. The van der Waals surface area contributed by atoms with E-state index in [9.17, 15) is 4.79 Å². The minimum atomic E-state index is -0.315. The Kier molecular flexibility index (Phi) is 4.80. The van der Waals surface area contributed by atoms with Crippen LogP contribution in [0.1, 0.15) is 28.8 Å². The van der Waals surface area contributed by atoms with E-state index in [-0.39, 0.29) is 5.97 Å². The van der Waals surface area contributed by atoms with Gasteiger partial charge in [0.2, 0.25) is 0 Å². The number of carbonyl (C=O) groups excluding carboxylic acids is 1.